The second-order valence-corrected chi connectivity index (χ2v) is 7.26. The minimum absolute atomic E-state index is 0. The number of nitrogens with one attached hydrogen (secondary N) is 1. The summed E-state index contributed by atoms with van der Waals surface area (Å²) in [7, 11) is 0. The second kappa shape index (κ2) is 12.2. The van der Waals surface area contributed by atoms with Crippen molar-refractivity contribution in [2.24, 2.45) is 0 Å². The molecular weight excluding hydrogens is 504 g/mol. The van der Waals surface area contributed by atoms with Gasteiger partial charge in [-0.3, -0.25) is 24.7 Å². The number of aromatic nitrogens is 4. The zero-order valence-electron chi connectivity index (χ0n) is 18.2. The van der Waals surface area contributed by atoms with Gasteiger partial charge in [-0.25, -0.2) is 8.78 Å². The summed E-state index contributed by atoms with van der Waals surface area (Å²) in [5.41, 5.74) is 2.70. The number of ether oxygens (including phenoxy) is 1. The number of carbonyl (C=O) groups excluding carboxylic acids is 1. The van der Waals surface area contributed by atoms with Crippen LogP contribution >= 0.6 is 11.6 Å². The first-order chi connectivity index (χ1) is 15.8. The smallest absolute Gasteiger partial charge is 0.211 e. The zero-order chi connectivity index (χ0) is 24.0. The summed E-state index contributed by atoms with van der Waals surface area (Å²) in [6.45, 7) is 6.83. The van der Waals surface area contributed by atoms with E-state index in [1.165, 1.54) is 6.08 Å². The predicted molar refractivity (Wildman–Crippen MR) is 119 cm³/mol. The normalized spacial score (nSPS) is 11.9. The Balaban J connectivity index is 0.00000408. The van der Waals surface area contributed by atoms with E-state index in [1.54, 1.807) is 38.4 Å². The van der Waals surface area contributed by atoms with Gasteiger partial charge in [0.15, 0.2) is 5.82 Å². The first-order valence-corrected chi connectivity index (χ1v) is 9.99. The van der Waals surface area contributed by atoms with Gasteiger partial charge in [-0.2, -0.15) is 0 Å². The van der Waals surface area contributed by atoms with Crippen LogP contribution in [0.25, 0.3) is 16.4 Å². The van der Waals surface area contributed by atoms with Gasteiger partial charge in [-0.1, -0.05) is 11.6 Å². The van der Waals surface area contributed by atoms with Crippen molar-refractivity contribution >= 4 is 23.0 Å². The molecule has 0 unspecified atom stereocenters. The first kappa shape index (κ1) is 26.9. The molecule has 0 aliphatic rings. The minimum atomic E-state index is -0.854. The van der Waals surface area contributed by atoms with Gasteiger partial charge >= 0.3 is 0 Å². The van der Waals surface area contributed by atoms with E-state index in [0.29, 0.717) is 40.9 Å². The number of pyridine rings is 2. The minimum Gasteiger partial charge on any atom is -0.486 e. The molecule has 0 aliphatic heterocycles. The molecule has 176 valence electrons. The van der Waals surface area contributed by atoms with Crippen LogP contribution in [0, 0.1) is 25.5 Å². The van der Waals surface area contributed by atoms with Crippen molar-refractivity contribution in [1.82, 2.24) is 25.3 Å². The quantitative estimate of drug-likeness (QED) is 0.203. The summed E-state index contributed by atoms with van der Waals surface area (Å²) in [6.07, 6.45) is 6.06. The monoisotopic (exact) mass is 522 g/mol. The number of hydrogen-bond acceptors (Lipinski definition) is 6. The number of amides is 1. The molecule has 0 fully saturated rings. The van der Waals surface area contributed by atoms with Gasteiger partial charge < -0.3 is 17.0 Å². The van der Waals surface area contributed by atoms with E-state index in [9.17, 15) is 13.6 Å². The van der Waals surface area contributed by atoms with Crippen LogP contribution in [0.1, 0.15) is 29.6 Å². The van der Waals surface area contributed by atoms with Crippen molar-refractivity contribution in [3.05, 3.63) is 95.5 Å². The Labute approximate surface area is 211 Å². The fourth-order valence-electron chi connectivity index (χ4n) is 2.77. The maximum absolute atomic E-state index is 14.0. The number of aryl methyl sites for hydroxylation is 1. The molecule has 7 nitrogen and oxygen atoms in total. The second-order valence-electron chi connectivity index (χ2n) is 6.88. The molecule has 3 heterocycles. The Morgan fingerprint density at radius 2 is 1.97 bits per heavy atom. The molecule has 3 rings (SSSR count). The van der Waals surface area contributed by atoms with Gasteiger partial charge in [0.05, 0.1) is 22.6 Å². The average molecular weight is 523 g/mol. The maximum atomic E-state index is 14.0. The Bertz CT molecular complexity index is 1250. The van der Waals surface area contributed by atoms with Crippen molar-refractivity contribution in [3.63, 3.8) is 0 Å². The Hall–Kier alpha value is -3.32. The van der Waals surface area contributed by atoms with Crippen LogP contribution in [0.3, 0.4) is 0 Å². The third-order valence-electron chi connectivity index (χ3n) is 4.41. The Morgan fingerprint density at radius 3 is 2.65 bits per heavy atom. The van der Waals surface area contributed by atoms with E-state index in [-0.39, 0.29) is 40.5 Å². The van der Waals surface area contributed by atoms with E-state index in [0.717, 1.165) is 11.8 Å². The van der Waals surface area contributed by atoms with Gasteiger partial charge in [0, 0.05) is 53.2 Å². The van der Waals surface area contributed by atoms with Crippen molar-refractivity contribution < 1.29 is 35.7 Å². The molecule has 0 aromatic carbocycles. The molecule has 1 amide bonds. The van der Waals surface area contributed by atoms with E-state index < -0.39 is 11.6 Å². The van der Waals surface area contributed by atoms with Gasteiger partial charge in [0.25, 0.3) is 0 Å². The molecule has 0 saturated heterocycles. The molecule has 0 bridgehead atoms. The van der Waals surface area contributed by atoms with E-state index in [1.807, 2.05) is 0 Å². The van der Waals surface area contributed by atoms with Crippen LogP contribution in [0.4, 0.5) is 8.78 Å². The molecule has 34 heavy (non-hydrogen) atoms. The number of rotatable bonds is 8. The molecule has 0 spiro atoms. The van der Waals surface area contributed by atoms with Crippen molar-refractivity contribution in [2.45, 2.75) is 20.5 Å². The molecule has 11 heteroatoms. The Morgan fingerprint density at radius 1 is 1.21 bits per heavy atom. The summed E-state index contributed by atoms with van der Waals surface area (Å²) in [5, 5.41) is 2.67. The first-order valence-electron chi connectivity index (χ1n) is 9.62. The number of halogens is 3. The number of carbonyl (C=O) groups is 1. The van der Waals surface area contributed by atoms with Gasteiger partial charge in [-0.05, 0) is 37.4 Å². The van der Waals surface area contributed by atoms with E-state index >= 15 is 0 Å². The van der Waals surface area contributed by atoms with E-state index in [2.05, 4.69) is 32.2 Å². The van der Waals surface area contributed by atoms with Gasteiger partial charge in [0.1, 0.15) is 23.9 Å². The van der Waals surface area contributed by atoms with Gasteiger partial charge in [0.2, 0.25) is 6.41 Å². The third-order valence-corrected chi connectivity index (χ3v) is 4.80. The predicted octanol–water partition coefficient (Wildman–Crippen LogP) is 4.47. The van der Waals surface area contributed by atoms with Gasteiger partial charge in [-0.15, -0.1) is 0 Å². The van der Waals surface area contributed by atoms with Crippen LogP contribution in [-0.2, 0) is 33.5 Å². The molecule has 1 N–H and O–H groups in total. The zero-order valence-corrected chi connectivity index (χ0v) is 20.2. The molecule has 3 aromatic rings. The molecule has 0 aliphatic carbocycles. The van der Waals surface area contributed by atoms with Crippen molar-refractivity contribution in [3.8, 4) is 11.4 Å². The molecule has 0 radical (unpaired) electrons. The molecular formula is C23H19ClCrF2N5O2-. The summed E-state index contributed by atoms with van der Waals surface area (Å²) in [4.78, 5) is 27.2. The van der Waals surface area contributed by atoms with Crippen LogP contribution in [0.15, 0.2) is 54.3 Å². The fraction of sp³-hybridized carbons (Fsp3) is 0.130. The fourth-order valence-corrected chi connectivity index (χ4v) is 3.08. The third kappa shape index (κ3) is 6.84. The number of allylic oxidation sites excluding steroid dienone is 2. The molecule has 0 saturated carbocycles. The van der Waals surface area contributed by atoms with Crippen LogP contribution in [0.5, 0.6) is 0 Å². The molecule has 0 atom stereocenters. The molecule has 3 aromatic heterocycles. The summed E-state index contributed by atoms with van der Waals surface area (Å²) in [6, 6.07) is 4.12. The standard InChI is InChI=1S/C23H19ClF2N5O2.Cr/c1-13-9-28-20(19-4-5-27-15(3)31-19)8-17(13)23(24)22(6-14(2)30-12-32)33-11-21-18(26)7-16(25)10-29-21;/h4-10,12H,3,11H2,1-2H3,(H,30,32);/q-1;/b14-6-,23-22-;. The number of nitrogens with zero attached hydrogens (tertiary/aromatic N) is 4. The van der Waals surface area contributed by atoms with Crippen molar-refractivity contribution in [2.75, 3.05) is 0 Å². The summed E-state index contributed by atoms with van der Waals surface area (Å²) < 4.78 is 32.9. The summed E-state index contributed by atoms with van der Waals surface area (Å²) >= 11 is 6.69. The van der Waals surface area contributed by atoms with Crippen molar-refractivity contribution in [1.29, 1.82) is 0 Å². The summed E-state index contributed by atoms with van der Waals surface area (Å²) in [5.74, 6) is -1.18. The SMILES string of the molecule is [CH2-]c1nccc(-c2cc(/C(Cl)=C(\C=C(\C)NC=O)OCc3ncc(F)cc3F)c(C)cn2)n1.[Cr]. The van der Waals surface area contributed by atoms with Crippen LogP contribution < -0.4 is 5.32 Å². The Kier molecular flexibility index (Phi) is 9.69. The topological polar surface area (TPSA) is 89.9 Å². The largest absolute Gasteiger partial charge is 0.486 e. The van der Waals surface area contributed by atoms with E-state index in [4.69, 9.17) is 16.3 Å². The average Bonchev–Trinajstić information content (AvgIpc) is 2.77. The number of hydrogen-bond donors (Lipinski definition) is 1. The van der Waals surface area contributed by atoms with Crippen LogP contribution in [0.2, 0.25) is 0 Å². The maximum Gasteiger partial charge on any atom is 0.211 e. The van der Waals surface area contributed by atoms with Crippen LogP contribution in [-0.4, -0.2) is 26.3 Å².